The lowest BCUT2D eigenvalue weighted by molar-refractivity contribution is -0.120. The van der Waals surface area contributed by atoms with Crippen LogP contribution in [0.3, 0.4) is 0 Å². The Morgan fingerprint density at radius 2 is 2.00 bits per heavy atom. The van der Waals surface area contributed by atoms with Crippen molar-refractivity contribution in [2.24, 2.45) is 5.92 Å². The van der Waals surface area contributed by atoms with Crippen molar-refractivity contribution in [2.75, 3.05) is 29.9 Å². The van der Waals surface area contributed by atoms with E-state index in [-0.39, 0.29) is 11.8 Å². The van der Waals surface area contributed by atoms with Gasteiger partial charge in [0.2, 0.25) is 5.91 Å². The van der Waals surface area contributed by atoms with Gasteiger partial charge in [0.05, 0.1) is 12.3 Å². The molecule has 162 valence electrons. The molecule has 0 atom stereocenters. The summed E-state index contributed by atoms with van der Waals surface area (Å²) in [6.45, 7) is 5.16. The van der Waals surface area contributed by atoms with Gasteiger partial charge in [0.1, 0.15) is 29.7 Å². The van der Waals surface area contributed by atoms with Crippen LogP contribution < -0.4 is 10.2 Å². The van der Waals surface area contributed by atoms with Gasteiger partial charge in [-0.05, 0) is 26.7 Å². The summed E-state index contributed by atoms with van der Waals surface area (Å²) in [4.78, 5) is 44.0. The molecular formula is C19H22N8O3S. The number of ether oxygens (including phenoxy) is 1. The Hall–Kier alpha value is -3.41. The van der Waals surface area contributed by atoms with Crippen molar-refractivity contribution in [3.63, 3.8) is 0 Å². The average Bonchev–Trinajstić information content (AvgIpc) is 3.44. The molecule has 12 heteroatoms. The van der Waals surface area contributed by atoms with E-state index >= 15 is 0 Å². The first-order valence-electron chi connectivity index (χ1n) is 9.92. The van der Waals surface area contributed by atoms with Gasteiger partial charge in [0.15, 0.2) is 10.9 Å². The summed E-state index contributed by atoms with van der Waals surface area (Å²) in [5.74, 6) is 0.784. The number of carbonyl (C=O) groups is 2. The number of rotatable bonds is 6. The van der Waals surface area contributed by atoms with Crippen LogP contribution in [0.1, 0.15) is 35.1 Å². The van der Waals surface area contributed by atoms with Crippen LogP contribution in [0, 0.1) is 12.8 Å². The lowest BCUT2D eigenvalue weighted by Gasteiger charge is -2.32. The smallest absolute Gasteiger partial charge is 0.350 e. The first-order valence-corrected chi connectivity index (χ1v) is 10.7. The number of aromatic nitrogens is 6. The Balaban J connectivity index is 1.35. The molecule has 0 spiro atoms. The predicted octanol–water partition coefficient (Wildman–Crippen LogP) is 1.85. The quantitative estimate of drug-likeness (QED) is 0.569. The number of piperidine rings is 1. The van der Waals surface area contributed by atoms with E-state index in [1.807, 2.05) is 6.07 Å². The van der Waals surface area contributed by atoms with Crippen LogP contribution in [0.4, 0.5) is 10.9 Å². The predicted molar refractivity (Wildman–Crippen MR) is 113 cm³/mol. The van der Waals surface area contributed by atoms with Crippen molar-refractivity contribution in [1.29, 1.82) is 0 Å². The van der Waals surface area contributed by atoms with E-state index in [0.717, 1.165) is 17.2 Å². The second kappa shape index (κ2) is 9.16. The number of aryl methyl sites for hydroxylation is 1. The fraction of sp³-hybridized carbons (Fsp3) is 0.421. The molecule has 1 aliphatic rings. The van der Waals surface area contributed by atoms with Crippen LogP contribution in [0.25, 0.3) is 5.82 Å². The molecule has 1 fully saturated rings. The number of anilines is 2. The molecule has 1 saturated heterocycles. The molecule has 1 aliphatic heterocycles. The highest BCUT2D eigenvalue weighted by Crippen LogP contribution is 2.27. The van der Waals surface area contributed by atoms with Crippen molar-refractivity contribution < 1.29 is 14.3 Å². The lowest BCUT2D eigenvalue weighted by atomic mass is 9.96. The number of thiazole rings is 1. The van der Waals surface area contributed by atoms with E-state index in [1.54, 1.807) is 24.9 Å². The van der Waals surface area contributed by atoms with E-state index in [1.165, 1.54) is 12.7 Å². The second-order valence-corrected chi connectivity index (χ2v) is 7.98. The fourth-order valence-corrected chi connectivity index (χ4v) is 4.24. The fourth-order valence-electron chi connectivity index (χ4n) is 3.38. The zero-order valence-corrected chi connectivity index (χ0v) is 18.0. The highest BCUT2D eigenvalue weighted by Gasteiger charge is 2.27. The highest BCUT2D eigenvalue weighted by molar-refractivity contribution is 7.17. The van der Waals surface area contributed by atoms with Crippen LogP contribution >= 0.6 is 11.3 Å². The summed E-state index contributed by atoms with van der Waals surface area (Å²) >= 11 is 1.14. The van der Waals surface area contributed by atoms with Crippen LogP contribution in [0.5, 0.6) is 0 Å². The molecule has 11 nitrogen and oxygen atoms in total. The minimum atomic E-state index is -0.415. The number of hydrogen-bond donors (Lipinski definition) is 1. The molecule has 0 saturated carbocycles. The highest BCUT2D eigenvalue weighted by atomic mass is 32.1. The van der Waals surface area contributed by atoms with Crippen molar-refractivity contribution in [3.8, 4) is 5.82 Å². The summed E-state index contributed by atoms with van der Waals surface area (Å²) < 4.78 is 6.60. The normalized spacial score (nSPS) is 14.5. The molecule has 31 heavy (non-hydrogen) atoms. The van der Waals surface area contributed by atoms with Crippen molar-refractivity contribution in [3.05, 3.63) is 35.6 Å². The van der Waals surface area contributed by atoms with Gasteiger partial charge < -0.3 is 15.0 Å². The standard InChI is InChI=1S/C19H22N8O3S/c1-3-30-18(29)16-12(2)24-19(31-16)25-17(28)13-4-6-26(7-5-13)14-8-15(22-10-21-14)27-11-20-9-23-27/h8-11,13H,3-7H2,1-2H3,(H,24,25,28). The van der Waals surface area contributed by atoms with Crippen LogP contribution in [0.15, 0.2) is 25.0 Å². The Morgan fingerprint density at radius 1 is 1.23 bits per heavy atom. The minimum Gasteiger partial charge on any atom is -0.462 e. The molecule has 0 unspecified atom stereocenters. The van der Waals surface area contributed by atoms with Gasteiger partial charge in [-0.25, -0.2) is 29.4 Å². The number of carbonyl (C=O) groups excluding carboxylic acids is 2. The van der Waals surface area contributed by atoms with Crippen molar-refractivity contribution >= 4 is 34.2 Å². The van der Waals surface area contributed by atoms with Gasteiger partial charge in [0, 0.05) is 25.1 Å². The van der Waals surface area contributed by atoms with Crippen molar-refractivity contribution in [1.82, 2.24) is 29.7 Å². The number of nitrogens with zero attached hydrogens (tertiary/aromatic N) is 7. The molecule has 3 aromatic heterocycles. The Kier molecular flexibility index (Phi) is 6.16. The third-order valence-electron chi connectivity index (χ3n) is 4.97. The zero-order chi connectivity index (χ0) is 21.8. The molecule has 4 rings (SSSR count). The second-order valence-electron chi connectivity index (χ2n) is 6.98. The molecule has 1 amide bonds. The number of hydrogen-bond acceptors (Lipinski definition) is 10. The lowest BCUT2D eigenvalue weighted by Crippen LogP contribution is -2.38. The molecule has 0 radical (unpaired) electrons. The van der Waals surface area contributed by atoms with Crippen LogP contribution in [0.2, 0.25) is 0 Å². The van der Waals surface area contributed by atoms with Gasteiger partial charge in [0.25, 0.3) is 0 Å². The van der Waals surface area contributed by atoms with E-state index in [9.17, 15) is 9.59 Å². The Labute approximate surface area is 182 Å². The van der Waals surface area contributed by atoms with Crippen LogP contribution in [-0.4, -0.2) is 61.3 Å². The maximum absolute atomic E-state index is 12.7. The van der Waals surface area contributed by atoms with Gasteiger partial charge in [-0.2, -0.15) is 5.10 Å². The molecule has 3 aromatic rings. The van der Waals surface area contributed by atoms with E-state index < -0.39 is 5.97 Å². The van der Waals surface area contributed by atoms with Crippen molar-refractivity contribution in [2.45, 2.75) is 26.7 Å². The third kappa shape index (κ3) is 4.68. The molecule has 1 N–H and O–H groups in total. The third-order valence-corrected chi connectivity index (χ3v) is 6.02. The average molecular weight is 443 g/mol. The largest absolute Gasteiger partial charge is 0.462 e. The first kappa shape index (κ1) is 20.8. The monoisotopic (exact) mass is 442 g/mol. The Morgan fingerprint density at radius 3 is 2.71 bits per heavy atom. The minimum absolute atomic E-state index is 0.0881. The van der Waals surface area contributed by atoms with E-state index in [0.29, 0.717) is 54.1 Å². The summed E-state index contributed by atoms with van der Waals surface area (Å²) in [5.41, 5.74) is 0.556. The Bertz CT molecular complexity index is 1060. The summed E-state index contributed by atoms with van der Waals surface area (Å²) in [6, 6.07) is 1.85. The maximum atomic E-state index is 12.7. The van der Waals surface area contributed by atoms with Gasteiger partial charge in [-0.15, -0.1) is 0 Å². The van der Waals surface area contributed by atoms with Gasteiger partial charge >= 0.3 is 5.97 Å². The SMILES string of the molecule is CCOC(=O)c1sc(NC(=O)C2CCN(c3cc(-n4cncn4)ncn3)CC2)nc1C. The van der Waals surface area contributed by atoms with Crippen LogP contribution in [-0.2, 0) is 9.53 Å². The molecule has 0 bridgehead atoms. The molecule has 0 aromatic carbocycles. The summed E-state index contributed by atoms with van der Waals surface area (Å²) in [6.07, 6.45) is 5.89. The topological polar surface area (TPSA) is 128 Å². The number of nitrogens with one attached hydrogen (secondary N) is 1. The maximum Gasteiger partial charge on any atom is 0.350 e. The van der Waals surface area contributed by atoms with E-state index in [2.05, 4.69) is 35.3 Å². The zero-order valence-electron chi connectivity index (χ0n) is 17.2. The van der Waals surface area contributed by atoms with Gasteiger partial charge in [-0.1, -0.05) is 11.3 Å². The van der Waals surface area contributed by atoms with E-state index in [4.69, 9.17) is 4.74 Å². The summed E-state index contributed by atoms with van der Waals surface area (Å²) in [5, 5.41) is 7.35. The molecule has 4 heterocycles. The molecular weight excluding hydrogens is 420 g/mol. The number of esters is 1. The van der Waals surface area contributed by atoms with Gasteiger partial charge in [-0.3, -0.25) is 4.79 Å². The summed E-state index contributed by atoms with van der Waals surface area (Å²) in [7, 11) is 0. The molecule has 0 aliphatic carbocycles. The number of amides is 1. The first-order chi connectivity index (χ1) is 15.0.